The average Bonchev–Trinajstić information content (AvgIpc) is 2.83. The lowest BCUT2D eigenvalue weighted by Gasteiger charge is -2.28. The first-order chi connectivity index (χ1) is 17.2. The van der Waals surface area contributed by atoms with Crippen LogP contribution in [0.1, 0.15) is 22.3 Å². The van der Waals surface area contributed by atoms with Gasteiger partial charge in [-0.1, -0.05) is 35.9 Å². The van der Waals surface area contributed by atoms with E-state index < -0.39 is 17.8 Å². The number of urea groups is 1. The maximum atomic E-state index is 13.3. The molecule has 1 fully saturated rings. The van der Waals surface area contributed by atoms with Gasteiger partial charge in [0, 0.05) is 5.02 Å². The highest BCUT2D eigenvalue weighted by Gasteiger charge is 2.37. The standard InChI is InChI=1S/C27H22ClIN2O5/c1-15-7-8-16(2)22(9-15)31-26(33)20(25(32)30-27(31)34)11-18-12-21(29)24(23(13-18)35-3)36-14-17-5-4-6-19(28)10-17/h4-13H,14H2,1-3H3,(H,30,32,34)/b20-11+. The molecule has 0 unspecified atom stereocenters. The van der Waals surface area contributed by atoms with Crippen LogP contribution in [0, 0.1) is 17.4 Å². The summed E-state index contributed by atoms with van der Waals surface area (Å²) in [4.78, 5) is 39.5. The number of carbonyl (C=O) groups excluding carboxylic acids is 3. The number of carbonyl (C=O) groups is 3. The summed E-state index contributed by atoms with van der Waals surface area (Å²) in [6.45, 7) is 3.94. The molecule has 0 atom stereocenters. The number of hydrogen-bond donors (Lipinski definition) is 1. The molecule has 1 saturated heterocycles. The van der Waals surface area contributed by atoms with Crippen LogP contribution in [0.15, 0.2) is 60.2 Å². The van der Waals surface area contributed by atoms with Crippen LogP contribution in [0.2, 0.25) is 5.02 Å². The Morgan fingerprint density at radius 1 is 1.06 bits per heavy atom. The average molecular weight is 617 g/mol. The van der Waals surface area contributed by atoms with Crippen molar-refractivity contribution >= 4 is 63.8 Å². The zero-order chi connectivity index (χ0) is 26.0. The number of aryl methyl sites for hydroxylation is 2. The van der Waals surface area contributed by atoms with Gasteiger partial charge in [-0.05, 0) is 95.1 Å². The Kier molecular flexibility index (Phi) is 7.65. The van der Waals surface area contributed by atoms with Gasteiger partial charge in [0.25, 0.3) is 11.8 Å². The lowest BCUT2D eigenvalue weighted by molar-refractivity contribution is -0.122. The van der Waals surface area contributed by atoms with E-state index in [0.717, 1.165) is 21.6 Å². The highest BCUT2D eigenvalue weighted by atomic mass is 127. The zero-order valence-corrected chi connectivity index (χ0v) is 22.6. The molecule has 0 spiro atoms. The zero-order valence-electron chi connectivity index (χ0n) is 19.7. The topological polar surface area (TPSA) is 84.9 Å². The number of ether oxygens (including phenoxy) is 2. The molecule has 0 bridgehead atoms. The third-order valence-electron chi connectivity index (χ3n) is 5.54. The van der Waals surface area contributed by atoms with E-state index in [1.165, 1.54) is 13.2 Å². The van der Waals surface area contributed by atoms with Crippen molar-refractivity contribution in [2.45, 2.75) is 20.5 Å². The van der Waals surface area contributed by atoms with Crippen LogP contribution in [0.5, 0.6) is 11.5 Å². The van der Waals surface area contributed by atoms with Crippen LogP contribution in [-0.2, 0) is 16.2 Å². The molecule has 3 aromatic rings. The predicted molar refractivity (Wildman–Crippen MR) is 146 cm³/mol. The molecule has 0 aromatic heterocycles. The quantitative estimate of drug-likeness (QED) is 0.215. The Morgan fingerprint density at radius 3 is 2.56 bits per heavy atom. The fourth-order valence-corrected chi connectivity index (χ4v) is 4.74. The molecule has 4 amide bonds. The van der Waals surface area contributed by atoms with Gasteiger partial charge in [0.2, 0.25) is 0 Å². The molecule has 1 aliphatic rings. The minimum absolute atomic E-state index is 0.166. The van der Waals surface area contributed by atoms with Gasteiger partial charge < -0.3 is 9.47 Å². The molecule has 3 aromatic carbocycles. The van der Waals surface area contributed by atoms with Crippen molar-refractivity contribution in [2.24, 2.45) is 0 Å². The maximum absolute atomic E-state index is 13.3. The third kappa shape index (κ3) is 5.39. The lowest BCUT2D eigenvalue weighted by Crippen LogP contribution is -2.54. The monoisotopic (exact) mass is 616 g/mol. The largest absolute Gasteiger partial charge is 0.493 e. The Hall–Kier alpha value is -3.37. The second-order valence-electron chi connectivity index (χ2n) is 8.20. The summed E-state index contributed by atoms with van der Waals surface area (Å²) < 4.78 is 12.2. The number of benzene rings is 3. The third-order valence-corrected chi connectivity index (χ3v) is 6.58. The lowest BCUT2D eigenvalue weighted by atomic mass is 10.0. The van der Waals surface area contributed by atoms with Crippen molar-refractivity contribution in [3.8, 4) is 11.5 Å². The van der Waals surface area contributed by atoms with Crippen LogP contribution in [0.3, 0.4) is 0 Å². The minimum atomic E-state index is -0.784. The van der Waals surface area contributed by atoms with Crippen molar-refractivity contribution in [3.05, 3.63) is 91.0 Å². The van der Waals surface area contributed by atoms with E-state index in [0.29, 0.717) is 31.3 Å². The molecular formula is C27H22ClIN2O5. The van der Waals surface area contributed by atoms with Crippen molar-refractivity contribution in [3.63, 3.8) is 0 Å². The van der Waals surface area contributed by atoms with Crippen LogP contribution >= 0.6 is 34.2 Å². The van der Waals surface area contributed by atoms with Gasteiger partial charge in [-0.3, -0.25) is 14.9 Å². The number of imide groups is 2. The van der Waals surface area contributed by atoms with Crippen molar-refractivity contribution < 1.29 is 23.9 Å². The fourth-order valence-electron chi connectivity index (χ4n) is 3.75. The number of nitrogens with zero attached hydrogens (tertiary/aromatic N) is 1. The summed E-state index contributed by atoms with van der Waals surface area (Å²) in [5, 5.41) is 2.88. The fraction of sp³-hybridized carbons (Fsp3) is 0.148. The van der Waals surface area contributed by atoms with Crippen molar-refractivity contribution in [2.75, 3.05) is 12.0 Å². The van der Waals surface area contributed by atoms with Gasteiger partial charge in [0.1, 0.15) is 12.2 Å². The summed E-state index contributed by atoms with van der Waals surface area (Å²) in [6, 6.07) is 15.4. The summed E-state index contributed by atoms with van der Waals surface area (Å²) >= 11 is 8.16. The number of anilines is 1. The van der Waals surface area contributed by atoms with Gasteiger partial charge in [-0.15, -0.1) is 0 Å². The number of rotatable bonds is 6. The van der Waals surface area contributed by atoms with Crippen molar-refractivity contribution in [1.29, 1.82) is 0 Å². The van der Waals surface area contributed by atoms with Crippen molar-refractivity contribution in [1.82, 2.24) is 5.32 Å². The number of hydrogen-bond acceptors (Lipinski definition) is 5. The Labute approximate surface area is 227 Å². The maximum Gasteiger partial charge on any atom is 0.335 e. The molecule has 7 nitrogen and oxygen atoms in total. The number of amides is 4. The molecule has 1 heterocycles. The van der Waals surface area contributed by atoms with Gasteiger partial charge in [-0.2, -0.15) is 0 Å². The molecule has 1 N–H and O–H groups in total. The van der Waals surface area contributed by atoms with Gasteiger partial charge in [0.05, 0.1) is 16.4 Å². The molecule has 9 heteroatoms. The van der Waals surface area contributed by atoms with E-state index in [1.54, 1.807) is 31.2 Å². The van der Waals surface area contributed by atoms with E-state index in [4.69, 9.17) is 21.1 Å². The number of methoxy groups -OCH3 is 1. The van der Waals surface area contributed by atoms with E-state index in [1.807, 2.05) is 37.3 Å². The van der Waals surface area contributed by atoms with Crippen LogP contribution in [-0.4, -0.2) is 25.0 Å². The first-order valence-electron chi connectivity index (χ1n) is 10.9. The Morgan fingerprint density at radius 2 is 1.83 bits per heavy atom. The highest BCUT2D eigenvalue weighted by molar-refractivity contribution is 14.1. The van der Waals surface area contributed by atoms with Gasteiger partial charge >= 0.3 is 6.03 Å². The first kappa shape index (κ1) is 25.7. The molecule has 0 aliphatic carbocycles. The molecule has 0 saturated carbocycles. The summed E-state index contributed by atoms with van der Waals surface area (Å²) in [5.74, 6) is -0.511. The van der Waals surface area contributed by atoms with Gasteiger partial charge in [0.15, 0.2) is 11.5 Å². The molecule has 184 valence electrons. The molecule has 0 radical (unpaired) electrons. The number of barbiturate groups is 1. The van der Waals surface area contributed by atoms with E-state index >= 15 is 0 Å². The van der Waals surface area contributed by atoms with Crippen LogP contribution in [0.25, 0.3) is 6.08 Å². The molecular weight excluding hydrogens is 595 g/mol. The molecule has 1 aliphatic heterocycles. The summed E-state index contributed by atoms with van der Waals surface area (Å²) in [6.07, 6.45) is 1.44. The normalized spacial score (nSPS) is 14.8. The second-order valence-corrected chi connectivity index (χ2v) is 9.80. The summed E-state index contributed by atoms with van der Waals surface area (Å²) in [5.41, 5.74) is 3.31. The SMILES string of the molecule is COc1cc(/C=C2\C(=O)NC(=O)N(c3cc(C)ccc3C)C2=O)cc(I)c1OCc1cccc(Cl)c1. The van der Waals surface area contributed by atoms with Crippen LogP contribution < -0.4 is 19.7 Å². The molecule has 4 rings (SSSR count). The number of halogens is 2. The number of nitrogens with one attached hydrogen (secondary N) is 1. The van der Waals surface area contributed by atoms with Gasteiger partial charge in [-0.25, -0.2) is 9.69 Å². The van der Waals surface area contributed by atoms with E-state index in [2.05, 4.69) is 27.9 Å². The van der Waals surface area contributed by atoms with Crippen LogP contribution in [0.4, 0.5) is 10.5 Å². The second kappa shape index (κ2) is 10.7. The Bertz CT molecular complexity index is 1420. The first-order valence-corrected chi connectivity index (χ1v) is 12.4. The smallest absolute Gasteiger partial charge is 0.335 e. The summed E-state index contributed by atoms with van der Waals surface area (Å²) in [7, 11) is 1.51. The van der Waals surface area contributed by atoms with E-state index in [-0.39, 0.29) is 12.2 Å². The molecule has 36 heavy (non-hydrogen) atoms. The Balaban J connectivity index is 1.66. The van der Waals surface area contributed by atoms with E-state index in [9.17, 15) is 14.4 Å². The minimum Gasteiger partial charge on any atom is -0.493 e. The highest BCUT2D eigenvalue weighted by Crippen LogP contribution is 2.36. The predicted octanol–water partition coefficient (Wildman–Crippen LogP) is 5.82.